The Hall–Kier alpha value is -3.66. The van der Waals surface area contributed by atoms with Gasteiger partial charge in [0.15, 0.2) is 6.61 Å². The maximum Gasteiger partial charge on any atom is 0.274 e. The van der Waals surface area contributed by atoms with E-state index in [1.54, 1.807) is 41.0 Å². The number of anilines is 1. The van der Waals surface area contributed by atoms with Gasteiger partial charge in [-0.2, -0.15) is 5.26 Å². The zero-order valence-corrected chi connectivity index (χ0v) is 13.0. The van der Waals surface area contributed by atoms with Gasteiger partial charge in [0, 0.05) is 11.4 Å². The molecule has 25 heavy (non-hydrogen) atoms. The Kier molecular flexibility index (Phi) is 4.72. The van der Waals surface area contributed by atoms with Crippen LogP contribution >= 0.6 is 0 Å². The van der Waals surface area contributed by atoms with Crippen LogP contribution in [0.2, 0.25) is 0 Å². The van der Waals surface area contributed by atoms with Crippen LogP contribution in [0.1, 0.15) is 10.5 Å². The molecule has 0 unspecified atom stereocenters. The zero-order chi connectivity index (χ0) is 17.6. The number of hydrogen-bond donors (Lipinski definition) is 1. The lowest BCUT2D eigenvalue weighted by Gasteiger charge is -2.09. The molecule has 0 atom stereocenters. The van der Waals surface area contributed by atoms with Gasteiger partial charge in [-0.25, -0.2) is 9.37 Å². The van der Waals surface area contributed by atoms with Gasteiger partial charge < -0.3 is 10.1 Å². The minimum Gasteiger partial charge on any atom is -0.479 e. The average molecular weight is 336 g/mol. The average Bonchev–Trinajstić information content (AvgIpc) is 3.11. The van der Waals surface area contributed by atoms with Crippen LogP contribution in [0.5, 0.6) is 5.75 Å². The van der Waals surface area contributed by atoms with E-state index in [1.165, 1.54) is 24.7 Å². The minimum atomic E-state index is -0.354. The summed E-state index contributed by atoms with van der Waals surface area (Å²) in [4.78, 5) is 16.5. The molecule has 6 nitrogen and oxygen atoms in total. The first-order valence-electron chi connectivity index (χ1n) is 7.37. The molecule has 3 rings (SSSR count). The maximum atomic E-state index is 13.1. The van der Waals surface area contributed by atoms with E-state index in [9.17, 15) is 9.18 Å². The molecule has 0 spiro atoms. The van der Waals surface area contributed by atoms with Gasteiger partial charge in [0.05, 0.1) is 12.5 Å². The summed E-state index contributed by atoms with van der Waals surface area (Å²) in [5, 5.41) is 11.2. The lowest BCUT2D eigenvalue weighted by Crippen LogP contribution is -2.16. The molecule has 3 aromatic rings. The topological polar surface area (TPSA) is 79.9 Å². The Morgan fingerprint density at radius 3 is 2.60 bits per heavy atom. The molecule has 0 saturated heterocycles. The molecule has 2 aromatic carbocycles. The number of rotatable bonds is 5. The quantitative estimate of drug-likeness (QED) is 0.776. The Balaban J connectivity index is 1.75. The predicted octanol–water partition coefficient (Wildman–Crippen LogP) is 3.17. The molecule has 0 aliphatic heterocycles. The number of nitrogens with one attached hydrogen (secondary N) is 1. The van der Waals surface area contributed by atoms with Gasteiger partial charge in [0.1, 0.15) is 23.3 Å². The van der Waals surface area contributed by atoms with E-state index in [-0.39, 0.29) is 18.3 Å². The van der Waals surface area contributed by atoms with Crippen molar-refractivity contribution in [3.63, 3.8) is 0 Å². The standard InChI is InChI=1S/C18H13FN4O2/c19-13-1-5-15(6-2-13)23-12-21-11-17(23)18(24)22-14-3-7-16(8-4-14)25-10-9-20/h1-8,11-12H,10H2,(H,22,24). The van der Waals surface area contributed by atoms with E-state index in [4.69, 9.17) is 10.00 Å². The van der Waals surface area contributed by atoms with Crippen LogP contribution in [0.3, 0.4) is 0 Å². The van der Waals surface area contributed by atoms with Crippen LogP contribution in [0.4, 0.5) is 10.1 Å². The van der Waals surface area contributed by atoms with E-state index < -0.39 is 0 Å². The number of imidazole rings is 1. The number of carbonyl (C=O) groups excluding carboxylic acids is 1. The van der Waals surface area contributed by atoms with Gasteiger partial charge in [-0.3, -0.25) is 9.36 Å². The zero-order valence-electron chi connectivity index (χ0n) is 13.0. The number of aromatic nitrogens is 2. The summed E-state index contributed by atoms with van der Waals surface area (Å²) in [6.45, 7) is -0.0391. The summed E-state index contributed by atoms with van der Waals surface area (Å²) in [6.07, 6.45) is 2.92. The number of hydrogen-bond acceptors (Lipinski definition) is 4. The molecule has 0 saturated carbocycles. The number of amides is 1. The molecule has 1 N–H and O–H groups in total. The van der Waals surface area contributed by atoms with E-state index in [1.807, 2.05) is 6.07 Å². The van der Waals surface area contributed by atoms with Crippen LogP contribution < -0.4 is 10.1 Å². The van der Waals surface area contributed by atoms with Crippen molar-refractivity contribution in [2.45, 2.75) is 0 Å². The van der Waals surface area contributed by atoms with E-state index in [2.05, 4.69) is 10.3 Å². The molecule has 0 radical (unpaired) electrons. The van der Waals surface area contributed by atoms with Crippen molar-refractivity contribution in [3.05, 3.63) is 72.6 Å². The first-order chi connectivity index (χ1) is 12.2. The molecule has 1 aromatic heterocycles. The third kappa shape index (κ3) is 3.82. The van der Waals surface area contributed by atoms with Crippen molar-refractivity contribution in [2.24, 2.45) is 0 Å². The second kappa shape index (κ2) is 7.27. The fourth-order valence-corrected chi connectivity index (χ4v) is 2.22. The smallest absolute Gasteiger partial charge is 0.274 e. The minimum absolute atomic E-state index is 0.0391. The van der Waals surface area contributed by atoms with Gasteiger partial charge in [-0.1, -0.05) is 0 Å². The van der Waals surface area contributed by atoms with Crippen LogP contribution in [0.15, 0.2) is 61.1 Å². The summed E-state index contributed by atoms with van der Waals surface area (Å²) in [6, 6.07) is 14.3. The van der Waals surface area contributed by atoms with E-state index >= 15 is 0 Å². The highest BCUT2D eigenvalue weighted by Crippen LogP contribution is 2.18. The fourth-order valence-electron chi connectivity index (χ4n) is 2.22. The monoisotopic (exact) mass is 336 g/mol. The largest absolute Gasteiger partial charge is 0.479 e. The maximum absolute atomic E-state index is 13.1. The van der Waals surface area contributed by atoms with Crippen molar-refractivity contribution in [3.8, 4) is 17.5 Å². The third-order valence-corrected chi connectivity index (χ3v) is 3.39. The molecule has 1 heterocycles. The number of halogens is 1. The van der Waals surface area contributed by atoms with Gasteiger partial charge in [0.25, 0.3) is 5.91 Å². The third-order valence-electron chi connectivity index (χ3n) is 3.39. The second-order valence-corrected chi connectivity index (χ2v) is 5.05. The van der Waals surface area contributed by atoms with Gasteiger partial charge >= 0.3 is 0 Å². The van der Waals surface area contributed by atoms with Gasteiger partial charge in [-0.15, -0.1) is 0 Å². The van der Waals surface area contributed by atoms with E-state index in [0.717, 1.165) is 0 Å². The lowest BCUT2D eigenvalue weighted by molar-refractivity contribution is 0.102. The van der Waals surface area contributed by atoms with Gasteiger partial charge in [-0.05, 0) is 48.5 Å². The number of benzene rings is 2. The summed E-state index contributed by atoms with van der Waals surface area (Å²) >= 11 is 0. The van der Waals surface area contributed by atoms with Crippen molar-refractivity contribution < 1.29 is 13.9 Å². The molecule has 0 fully saturated rings. The number of ether oxygens (including phenoxy) is 1. The molecule has 0 aliphatic rings. The van der Waals surface area contributed by atoms with Crippen molar-refractivity contribution in [1.82, 2.24) is 9.55 Å². The lowest BCUT2D eigenvalue weighted by atomic mass is 10.2. The summed E-state index contributed by atoms with van der Waals surface area (Å²) in [7, 11) is 0. The second-order valence-electron chi connectivity index (χ2n) is 5.05. The van der Waals surface area contributed by atoms with Crippen molar-refractivity contribution >= 4 is 11.6 Å². The first kappa shape index (κ1) is 16.2. The number of carbonyl (C=O) groups is 1. The Morgan fingerprint density at radius 2 is 1.92 bits per heavy atom. The Bertz CT molecular complexity index is 911. The molecule has 7 heteroatoms. The summed E-state index contributed by atoms with van der Waals surface area (Å²) in [5.41, 5.74) is 1.52. The molecule has 0 aliphatic carbocycles. The van der Waals surface area contributed by atoms with Crippen LogP contribution in [-0.4, -0.2) is 22.1 Å². The Labute approximate surface area is 143 Å². The predicted molar refractivity (Wildman–Crippen MR) is 89.0 cm³/mol. The fraction of sp³-hybridized carbons (Fsp3) is 0.0556. The van der Waals surface area contributed by atoms with Crippen LogP contribution in [0.25, 0.3) is 5.69 Å². The first-order valence-corrected chi connectivity index (χ1v) is 7.37. The molecule has 0 bridgehead atoms. The van der Waals surface area contributed by atoms with Gasteiger partial charge in [0.2, 0.25) is 0 Å². The molecular formula is C18H13FN4O2. The molecule has 1 amide bonds. The number of nitriles is 1. The highest BCUT2D eigenvalue weighted by Gasteiger charge is 2.13. The normalized spacial score (nSPS) is 10.1. The van der Waals surface area contributed by atoms with Crippen molar-refractivity contribution in [1.29, 1.82) is 5.26 Å². The summed E-state index contributed by atoms with van der Waals surface area (Å²) in [5.74, 6) is -0.169. The number of nitrogens with zero attached hydrogens (tertiary/aromatic N) is 3. The van der Waals surface area contributed by atoms with Crippen LogP contribution in [-0.2, 0) is 0 Å². The highest BCUT2D eigenvalue weighted by atomic mass is 19.1. The molecular weight excluding hydrogens is 323 g/mol. The van der Waals surface area contributed by atoms with Crippen molar-refractivity contribution in [2.75, 3.05) is 11.9 Å². The Morgan fingerprint density at radius 1 is 1.20 bits per heavy atom. The highest BCUT2D eigenvalue weighted by molar-refractivity contribution is 6.03. The molecule has 124 valence electrons. The SMILES string of the molecule is N#CCOc1ccc(NC(=O)c2cncn2-c2ccc(F)cc2)cc1. The van der Waals surface area contributed by atoms with Crippen LogP contribution in [0, 0.1) is 17.1 Å². The summed E-state index contributed by atoms with van der Waals surface area (Å²) < 4.78 is 19.8. The van der Waals surface area contributed by atoms with E-state index in [0.29, 0.717) is 22.8 Å².